The minimum Gasteiger partial charge on any atom is -0.487 e. The molecule has 2 aromatic carbocycles. The van der Waals surface area contributed by atoms with Crippen LogP contribution in [0.3, 0.4) is 0 Å². The Labute approximate surface area is 178 Å². The number of hydrogen-bond donors (Lipinski definition) is 1. The number of hydrogen-bond acceptors (Lipinski definition) is 3. The van der Waals surface area contributed by atoms with E-state index in [1.165, 1.54) is 12.3 Å². The smallest absolute Gasteiger partial charge is 0.424 e. The van der Waals surface area contributed by atoms with E-state index in [-0.39, 0.29) is 12.1 Å². The first kappa shape index (κ1) is 21.9. The highest BCUT2D eigenvalue weighted by molar-refractivity contribution is 5.80. The van der Waals surface area contributed by atoms with Crippen molar-refractivity contribution in [3.05, 3.63) is 83.8 Å². The van der Waals surface area contributed by atoms with Crippen molar-refractivity contribution < 1.29 is 36.2 Å². The van der Waals surface area contributed by atoms with Crippen LogP contribution in [0.2, 0.25) is 0 Å². The number of ether oxygens (including phenoxy) is 1. The zero-order valence-electron chi connectivity index (χ0n) is 16.3. The summed E-state index contributed by atoms with van der Waals surface area (Å²) < 4.78 is 88.3. The van der Waals surface area contributed by atoms with Crippen LogP contribution in [0, 0.1) is 17.5 Å². The van der Waals surface area contributed by atoms with Gasteiger partial charge >= 0.3 is 6.18 Å². The van der Waals surface area contributed by atoms with E-state index in [0.717, 1.165) is 12.1 Å². The molecule has 1 aliphatic carbocycles. The fourth-order valence-electron chi connectivity index (χ4n) is 3.47. The highest BCUT2D eigenvalue weighted by Crippen LogP contribution is 2.41. The van der Waals surface area contributed by atoms with Gasteiger partial charge in [0.05, 0.1) is 17.8 Å². The van der Waals surface area contributed by atoms with Crippen LogP contribution >= 0.6 is 0 Å². The van der Waals surface area contributed by atoms with Crippen molar-refractivity contribution in [2.45, 2.75) is 24.2 Å². The van der Waals surface area contributed by atoms with Crippen molar-refractivity contribution >= 4 is 10.9 Å². The molecule has 0 saturated carbocycles. The van der Waals surface area contributed by atoms with Crippen LogP contribution in [0.25, 0.3) is 10.9 Å². The maximum atomic E-state index is 13.8. The Bertz CT molecular complexity index is 1220. The van der Waals surface area contributed by atoms with Gasteiger partial charge in [-0.25, -0.2) is 8.78 Å². The molecule has 0 radical (unpaired) electrons. The average molecular weight is 454 g/mol. The molecule has 0 aliphatic heterocycles. The number of alkyl halides is 3. The van der Waals surface area contributed by atoms with Gasteiger partial charge in [0.15, 0.2) is 11.6 Å². The molecule has 10 heteroatoms. The monoisotopic (exact) mass is 454 g/mol. The summed E-state index contributed by atoms with van der Waals surface area (Å²) >= 11 is 0. The van der Waals surface area contributed by atoms with Gasteiger partial charge in [-0.05, 0) is 24.1 Å². The predicted octanol–water partition coefficient (Wildman–Crippen LogP) is 5.34. The van der Waals surface area contributed by atoms with E-state index >= 15 is 0 Å². The molecule has 4 nitrogen and oxygen atoms in total. The van der Waals surface area contributed by atoms with Gasteiger partial charge in [0, 0.05) is 17.5 Å². The Morgan fingerprint density at radius 3 is 2.56 bits per heavy atom. The number of rotatable bonds is 5. The fraction of sp³-hybridized carbons (Fsp3) is 0.227. The van der Waals surface area contributed by atoms with Crippen molar-refractivity contribution in [2.75, 3.05) is 6.61 Å². The Kier molecular flexibility index (Phi) is 5.49. The van der Waals surface area contributed by atoms with Crippen molar-refractivity contribution in [1.82, 2.24) is 9.78 Å². The molecule has 0 bridgehead atoms. The van der Waals surface area contributed by atoms with Gasteiger partial charge in [-0.3, -0.25) is 4.68 Å². The zero-order valence-corrected chi connectivity index (χ0v) is 16.3. The van der Waals surface area contributed by atoms with Crippen molar-refractivity contribution in [3.63, 3.8) is 0 Å². The first-order chi connectivity index (χ1) is 15.1. The Morgan fingerprint density at radius 2 is 1.88 bits per heavy atom. The second-order valence-electron chi connectivity index (χ2n) is 7.33. The molecule has 4 rings (SSSR count). The van der Waals surface area contributed by atoms with E-state index < -0.39 is 47.1 Å². The molecule has 1 heterocycles. The molecule has 0 spiro atoms. The second-order valence-corrected chi connectivity index (χ2v) is 7.33. The number of aromatic nitrogens is 2. The molecule has 32 heavy (non-hydrogen) atoms. The summed E-state index contributed by atoms with van der Waals surface area (Å²) in [6.45, 7) is -1.52. The van der Waals surface area contributed by atoms with Gasteiger partial charge in [-0.15, -0.1) is 0 Å². The van der Waals surface area contributed by atoms with E-state index in [9.17, 15) is 31.4 Å². The Balaban J connectivity index is 1.68. The largest absolute Gasteiger partial charge is 0.487 e. The molecule has 2 atom stereocenters. The summed E-state index contributed by atoms with van der Waals surface area (Å²) in [6.07, 6.45) is 4.32. The summed E-state index contributed by atoms with van der Waals surface area (Å²) in [7, 11) is 0. The van der Waals surface area contributed by atoms with Gasteiger partial charge in [0.25, 0.3) is 0 Å². The molecule has 0 saturated heterocycles. The van der Waals surface area contributed by atoms with Crippen LogP contribution in [-0.4, -0.2) is 27.7 Å². The van der Waals surface area contributed by atoms with Crippen LogP contribution in [0.1, 0.15) is 18.0 Å². The average Bonchev–Trinajstić information content (AvgIpc) is 3.18. The van der Waals surface area contributed by atoms with Gasteiger partial charge in [0.2, 0.25) is 11.4 Å². The van der Waals surface area contributed by atoms with Crippen molar-refractivity contribution in [3.8, 4) is 5.75 Å². The predicted molar refractivity (Wildman–Crippen MR) is 103 cm³/mol. The molecule has 1 N–H and O–H groups in total. The lowest BCUT2D eigenvalue weighted by Gasteiger charge is -2.31. The Morgan fingerprint density at radius 1 is 1.09 bits per heavy atom. The first-order valence-electron chi connectivity index (χ1n) is 9.48. The van der Waals surface area contributed by atoms with E-state index in [4.69, 9.17) is 4.74 Å². The van der Waals surface area contributed by atoms with Crippen LogP contribution in [-0.2, 0) is 5.60 Å². The summed E-state index contributed by atoms with van der Waals surface area (Å²) in [4.78, 5) is 0. The summed E-state index contributed by atoms with van der Waals surface area (Å²) in [5, 5.41) is 15.1. The van der Waals surface area contributed by atoms with Crippen molar-refractivity contribution in [1.29, 1.82) is 0 Å². The number of allylic oxidation sites excluding steroid dienone is 4. The zero-order chi connectivity index (χ0) is 23.1. The lowest BCUT2D eigenvalue weighted by molar-refractivity contribution is -0.275. The topological polar surface area (TPSA) is 47.3 Å². The highest BCUT2D eigenvalue weighted by Gasteiger charge is 2.56. The van der Waals surface area contributed by atoms with E-state index in [1.807, 2.05) is 24.3 Å². The molecule has 2 unspecified atom stereocenters. The molecule has 168 valence electrons. The number of fused-ring (bicyclic) bond motifs is 1. The molecule has 1 aliphatic rings. The molecule has 0 fully saturated rings. The Hall–Kier alpha value is -3.27. The summed E-state index contributed by atoms with van der Waals surface area (Å²) in [5.74, 6) is -5.62. The van der Waals surface area contributed by atoms with Gasteiger partial charge in [-0.2, -0.15) is 22.7 Å². The second kappa shape index (κ2) is 8.01. The number of nitrogens with zero attached hydrogens (tertiary/aromatic N) is 2. The first-order valence-corrected chi connectivity index (χ1v) is 9.48. The normalized spacial score (nSPS) is 18.2. The quantitative estimate of drug-likeness (QED) is 0.418. The number of benzene rings is 2. The van der Waals surface area contributed by atoms with Gasteiger partial charge < -0.3 is 9.84 Å². The molecule has 0 amide bonds. The number of aliphatic hydroxyl groups is 1. The van der Waals surface area contributed by atoms with E-state index in [2.05, 4.69) is 5.10 Å². The number of halogens is 6. The van der Waals surface area contributed by atoms with E-state index in [0.29, 0.717) is 23.4 Å². The minimum atomic E-state index is -5.24. The van der Waals surface area contributed by atoms with Gasteiger partial charge in [-0.1, -0.05) is 30.4 Å². The standard InChI is InChI=1S/C22H16F6N2O2/c23-15-9-17(24)20(25)19(10-15)32-12-21(31,22(26,27)28)14-6-7-18-13(8-14)11-29-30(18)16-4-2-1-3-5-16/h1-4,6-11,16,31H,5,12H2. The third kappa shape index (κ3) is 3.86. The molecular weight excluding hydrogens is 438 g/mol. The summed E-state index contributed by atoms with van der Waals surface area (Å²) in [5.41, 5.74) is -3.62. The molecular formula is C22H16F6N2O2. The maximum absolute atomic E-state index is 13.8. The van der Waals surface area contributed by atoms with Crippen molar-refractivity contribution in [2.24, 2.45) is 0 Å². The lowest BCUT2D eigenvalue weighted by Crippen LogP contribution is -2.47. The van der Waals surface area contributed by atoms with E-state index in [1.54, 1.807) is 4.68 Å². The lowest BCUT2D eigenvalue weighted by atomic mass is 9.93. The van der Waals surface area contributed by atoms with Gasteiger partial charge in [0.1, 0.15) is 12.4 Å². The third-order valence-corrected chi connectivity index (χ3v) is 5.21. The van der Waals surface area contributed by atoms with Crippen LogP contribution < -0.4 is 4.74 Å². The molecule has 1 aromatic heterocycles. The summed E-state index contributed by atoms with van der Waals surface area (Å²) in [6, 6.07) is 4.04. The third-order valence-electron chi connectivity index (χ3n) is 5.21. The van der Waals surface area contributed by atoms with Crippen LogP contribution in [0.15, 0.2) is 60.8 Å². The molecule has 3 aromatic rings. The fourth-order valence-corrected chi connectivity index (χ4v) is 3.47. The maximum Gasteiger partial charge on any atom is 0.424 e. The van der Waals surface area contributed by atoms with Crippen LogP contribution in [0.5, 0.6) is 5.75 Å². The van der Waals surface area contributed by atoms with Crippen LogP contribution in [0.4, 0.5) is 26.3 Å². The highest BCUT2D eigenvalue weighted by atomic mass is 19.4. The minimum absolute atomic E-state index is 0.112. The SMILES string of the molecule is OC(COc1cc(F)cc(F)c1F)(c1ccc2c(cnn2C2C=CC=CC2)c1)C(F)(F)F.